The van der Waals surface area contributed by atoms with Crippen molar-refractivity contribution in [3.63, 3.8) is 0 Å². The van der Waals surface area contributed by atoms with E-state index in [-0.39, 0.29) is 5.41 Å². The normalized spacial score (nSPS) is 54.3. The van der Waals surface area contributed by atoms with E-state index in [1.807, 2.05) is 0 Å². The van der Waals surface area contributed by atoms with E-state index >= 15 is 0 Å². The molecule has 1 unspecified atom stereocenters. The van der Waals surface area contributed by atoms with Crippen molar-refractivity contribution < 1.29 is 4.79 Å². The van der Waals surface area contributed by atoms with Gasteiger partial charge in [-0.15, -0.1) is 0 Å². The first kappa shape index (κ1) is 15.7. The summed E-state index contributed by atoms with van der Waals surface area (Å²) in [7, 11) is 0. The summed E-state index contributed by atoms with van der Waals surface area (Å²) in [5, 5.41) is 0. The molecule has 0 N–H and O–H groups in total. The van der Waals surface area contributed by atoms with Gasteiger partial charge in [0.15, 0.2) is 0 Å². The average molecular weight is 412 g/mol. The van der Waals surface area contributed by atoms with Gasteiger partial charge < -0.3 is 0 Å². The van der Waals surface area contributed by atoms with Crippen LogP contribution in [0, 0.1) is 28.1 Å². The van der Waals surface area contributed by atoms with Crippen molar-refractivity contribution >= 4 is 28.4 Å². The Labute approximate surface area is 148 Å². The van der Waals surface area contributed by atoms with E-state index in [0.29, 0.717) is 22.5 Å². The largest absolute Gasteiger partial charge is 0.299 e. The van der Waals surface area contributed by atoms with E-state index in [4.69, 9.17) is 0 Å². The number of hydrogen-bond donors (Lipinski definition) is 0. The molecule has 3 saturated carbocycles. The van der Waals surface area contributed by atoms with Crippen molar-refractivity contribution in [2.75, 3.05) is 0 Å². The van der Waals surface area contributed by atoms with Crippen LogP contribution in [-0.4, -0.2) is 9.71 Å². The predicted octanol–water partition coefficient (Wildman–Crippen LogP) is 5.71. The molecule has 0 amide bonds. The number of carbonyl (C=O) groups excluding carboxylic acids is 1. The van der Waals surface area contributed by atoms with Crippen molar-refractivity contribution in [2.24, 2.45) is 28.1 Å². The van der Waals surface area contributed by atoms with Crippen molar-refractivity contribution in [3.8, 4) is 0 Å². The van der Waals surface area contributed by atoms with Gasteiger partial charge in [0.1, 0.15) is 5.78 Å². The van der Waals surface area contributed by atoms with Gasteiger partial charge in [0.05, 0.1) is 0 Å². The minimum atomic E-state index is 0.00629. The molecule has 22 heavy (non-hydrogen) atoms. The first-order chi connectivity index (χ1) is 10.3. The van der Waals surface area contributed by atoms with Gasteiger partial charge in [-0.1, -0.05) is 55.0 Å². The Kier molecular flexibility index (Phi) is 3.44. The molecule has 1 nitrogen and oxygen atoms in total. The number of hydrogen-bond acceptors (Lipinski definition) is 1. The second-order valence-electron chi connectivity index (χ2n) is 9.15. The highest BCUT2D eigenvalue weighted by Gasteiger charge is 2.63. The van der Waals surface area contributed by atoms with E-state index < -0.39 is 0 Å². The molecule has 0 saturated heterocycles. The number of halogens is 1. The van der Waals surface area contributed by atoms with Gasteiger partial charge in [-0.2, -0.15) is 0 Å². The van der Waals surface area contributed by atoms with E-state index in [2.05, 4.69) is 49.4 Å². The molecular weight excluding hydrogens is 383 g/mol. The van der Waals surface area contributed by atoms with Crippen LogP contribution in [0.3, 0.4) is 0 Å². The monoisotopic (exact) mass is 412 g/mol. The molecule has 6 atom stereocenters. The third-order valence-corrected chi connectivity index (χ3v) is 9.66. The Hall–Kier alpha value is 0.140. The fourth-order valence-electron chi connectivity index (χ4n) is 6.73. The average Bonchev–Trinajstić information content (AvgIpc) is 2.77. The summed E-state index contributed by atoms with van der Waals surface area (Å²) in [5.41, 5.74) is 2.57. The van der Waals surface area contributed by atoms with Gasteiger partial charge in [-0.25, -0.2) is 0 Å². The van der Waals surface area contributed by atoms with E-state index in [1.54, 1.807) is 5.57 Å². The highest BCUT2D eigenvalue weighted by molar-refractivity contribution is 14.1. The molecule has 4 rings (SSSR count). The van der Waals surface area contributed by atoms with Crippen LogP contribution in [0.25, 0.3) is 0 Å². The summed E-state index contributed by atoms with van der Waals surface area (Å²) in [6, 6.07) is 0. The predicted molar refractivity (Wildman–Crippen MR) is 99.1 cm³/mol. The van der Waals surface area contributed by atoms with Crippen LogP contribution in [-0.2, 0) is 4.79 Å². The minimum absolute atomic E-state index is 0.00629. The number of fused-ring (bicyclic) bond motifs is 5. The molecule has 0 heterocycles. The highest BCUT2D eigenvalue weighted by atomic mass is 127. The van der Waals surface area contributed by atoms with E-state index in [1.165, 1.54) is 32.1 Å². The van der Waals surface area contributed by atoms with Crippen LogP contribution in [0.5, 0.6) is 0 Å². The maximum Gasteiger partial charge on any atom is 0.139 e. The molecule has 0 aromatic carbocycles. The molecule has 2 heteroatoms. The molecule has 0 bridgehead atoms. The van der Waals surface area contributed by atoms with Crippen LogP contribution in [0.4, 0.5) is 0 Å². The van der Waals surface area contributed by atoms with Crippen molar-refractivity contribution in [3.05, 3.63) is 11.6 Å². The van der Waals surface area contributed by atoms with Crippen molar-refractivity contribution in [2.45, 2.75) is 76.1 Å². The van der Waals surface area contributed by atoms with Crippen LogP contribution in [0.1, 0.15) is 72.1 Å². The Morgan fingerprint density at radius 3 is 2.64 bits per heavy atom. The van der Waals surface area contributed by atoms with Crippen LogP contribution < -0.4 is 0 Å². The minimum Gasteiger partial charge on any atom is -0.299 e. The maximum atomic E-state index is 12.5. The smallest absolute Gasteiger partial charge is 0.139 e. The zero-order valence-electron chi connectivity index (χ0n) is 14.3. The quantitative estimate of drug-likeness (QED) is 0.283. The number of rotatable bonds is 0. The second kappa shape index (κ2) is 4.83. The van der Waals surface area contributed by atoms with Crippen LogP contribution in [0.2, 0.25) is 0 Å². The van der Waals surface area contributed by atoms with Gasteiger partial charge in [0.2, 0.25) is 0 Å². The Morgan fingerprint density at radius 1 is 1.09 bits per heavy atom. The topological polar surface area (TPSA) is 17.1 Å². The van der Waals surface area contributed by atoms with E-state index in [0.717, 1.165) is 29.1 Å². The lowest BCUT2D eigenvalue weighted by Crippen LogP contribution is -2.56. The lowest BCUT2D eigenvalue weighted by Gasteiger charge is -2.63. The zero-order chi connectivity index (χ0) is 15.8. The van der Waals surface area contributed by atoms with Crippen molar-refractivity contribution in [1.82, 2.24) is 0 Å². The van der Waals surface area contributed by atoms with E-state index in [9.17, 15) is 4.79 Å². The first-order valence-electron chi connectivity index (χ1n) is 9.18. The summed E-state index contributed by atoms with van der Waals surface area (Å²) in [6.07, 6.45) is 12.3. The lowest BCUT2D eigenvalue weighted by molar-refractivity contribution is -0.139. The summed E-state index contributed by atoms with van der Waals surface area (Å²) < 4.78 is 0.832. The summed E-state index contributed by atoms with van der Waals surface area (Å²) >= 11 is 2.65. The molecule has 0 spiro atoms. The number of ketones is 1. The molecule has 0 radical (unpaired) electrons. The van der Waals surface area contributed by atoms with Crippen molar-refractivity contribution in [1.29, 1.82) is 0 Å². The number of allylic oxidation sites excluding steroid dienone is 2. The van der Waals surface area contributed by atoms with Crippen LogP contribution in [0.15, 0.2) is 11.6 Å². The number of carbonyl (C=O) groups is 1. The Morgan fingerprint density at radius 2 is 1.86 bits per heavy atom. The van der Waals surface area contributed by atoms with Gasteiger partial charge >= 0.3 is 0 Å². The number of Topliss-reactive ketones (excluding diaryl/α,β-unsaturated/α-hetero) is 1. The third-order valence-electron chi connectivity index (χ3n) is 8.59. The lowest BCUT2D eigenvalue weighted by atomic mass is 9.41. The second-order valence-corrected chi connectivity index (χ2v) is 10.9. The zero-order valence-corrected chi connectivity index (χ0v) is 16.4. The molecule has 122 valence electrons. The number of alkyl halides is 1. The first-order valence-corrected chi connectivity index (χ1v) is 10.4. The molecule has 4 aliphatic rings. The summed E-state index contributed by atoms with van der Waals surface area (Å²) in [5.74, 6) is 1.94. The van der Waals surface area contributed by atoms with Crippen LogP contribution >= 0.6 is 22.6 Å². The fraction of sp³-hybridized carbons (Fsp3) is 0.850. The molecule has 0 aromatic rings. The Bertz CT molecular complexity index is 552. The summed E-state index contributed by atoms with van der Waals surface area (Å²) in [4.78, 5) is 12.5. The van der Waals surface area contributed by atoms with Gasteiger partial charge in [-0.3, -0.25) is 4.79 Å². The molecule has 0 aliphatic heterocycles. The fourth-order valence-corrected chi connectivity index (χ4v) is 7.51. The standard InChI is InChI=1S/C20H29IO/c1-18-10-11-20(3)16(15(18)6-7-17(18)22)5-4-13-12-14(21)8-9-19(13,20)2/h4,14-16H,5-12H2,1-3H3/t14?,15-,16-,18-,19-,20-/m0/s1. The van der Waals surface area contributed by atoms with Gasteiger partial charge in [-0.05, 0) is 67.6 Å². The molecule has 4 aliphatic carbocycles. The SMILES string of the molecule is C[C@]12CCC(I)CC1=CC[C@H]1[C@@H]3CCC(=O)[C@@]3(C)CC[C@@]12C. The third kappa shape index (κ3) is 1.79. The maximum absolute atomic E-state index is 12.5. The van der Waals surface area contributed by atoms with Gasteiger partial charge in [0, 0.05) is 15.8 Å². The molecule has 3 fully saturated rings. The van der Waals surface area contributed by atoms with Gasteiger partial charge in [0.25, 0.3) is 0 Å². The molecular formula is C20H29IO. The Balaban J connectivity index is 1.76. The molecule has 0 aromatic heterocycles. The summed E-state index contributed by atoms with van der Waals surface area (Å²) in [6.45, 7) is 7.43. The highest BCUT2D eigenvalue weighted by Crippen LogP contribution is 2.69.